The maximum absolute atomic E-state index is 6.09. The predicted molar refractivity (Wildman–Crippen MR) is 104 cm³/mol. The van der Waals surface area contributed by atoms with E-state index in [0.717, 1.165) is 22.4 Å². The fourth-order valence-electron chi connectivity index (χ4n) is 2.92. The summed E-state index contributed by atoms with van der Waals surface area (Å²) in [5, 5.41) is 10.6. The van der Waals surface area contributed by atoms with E-state index in [4.69, 9.17) is 21.3 Å². The van der Waals surface area contributed by atoms with Crippen LogP contribution in [0.2, 0.25) is 5.02 Å². The molecule has 3 heterocycles. The monoisotopic (exact) mass is 376 g/mol. The maximum atomic E-state index is 6.09. The van der Waals surface area contributed by atoms with Crippen molar-refractivity contribution in [2.45, 2.75) is 0 Å². The van der Waals surface area contributed by atoms with Gasteiger partial charge in [-0.2, -0.15) is 5.10 Å². The molecule has 3 aromatic heterocycles. The van der Waals surface area contributed by atoms with Crippen molar-refractivity contribution in [3.63, 3.8) is 0 Å². The van der Waals surface area contributed by atoms with E-state index in [1.54, 1.807) is 18.6 Å². The van der Waals surface area contributed by atoms with Crippen LogP contribution in [0.15, 0.2) is 67.3 Å². The van der Waals surface area contributed by atoms with Crippen LogP contribution >= 0.6 is 11.6 Å². The first-order chi connectivity index (χ1) is 13.3. The largest absolute Gasteiger partial charge is 0.454 e. The molecule has 0 fully saturated rings. The first kappa shape index (κ1) is 15.7. The van der Waals surface area contributed by atoms with Gasteiger partial charge in [0.05, 0.1) is 23.4 Å². The van der Waals surface area contributed by atoms with Gasteiger partial charge >= 0.3 is 0 Å². The lowest BCUT2D eigenvalue weighted by molar-refractivity contribution is 0.483. The van der Waals surface area contributed by atoms with E-state index in [2.05, 4.69) is 20.5 Å². The number of hydrogen-bond acceptors (Lipinski definition) is 5. The smallest absolute Gasteiger partial charge is 0.180 e. The number of nitrogens with zero attached hydrogens (tertiary/aromatic N) is 4. The Morgan fingerprint density at radius 2 is 2.07 bits per heavy atom. The molecule has 0 unspecified atom stereocenters. The number of H-pyrrole nitrogens is 1. The first-order valence-electron chi connectivity index (χ1n) is 8.22. The number of aromatic amines is 1. The number of hydrogen-bond donors (Lipinski definition) is 2. The fraction of sp³-hybridized carbons (Fsp3) is 0. The molecule has 5 rings (SSSR count). The van der Waals surface area contributed by atoms with Crippen LogP contribution in [-0.2, 0) is 0 Å². The minimum atomic E-state index is 0.634. The summed E-state index contributed by atoms with van der Waals surface area (Å²) in [6, 6.07) is 13.2. The first-order valence-corrected chi connectivity index (χ1v) is 8.60. The van der Waals surface area contributed by atoms with E-state index in [1.807, 2.05) is 53.1 Å². The average molecular weight is 377 g/mol. The van der Waals surface area contributed by atoms with Crippen molar-refractivity contribution in [3.05, 3.63) is 72.3 Å². The Kier molecular flexibility index (Phi) is 3.65. The molecule has 7 nitrogen and oxygen atoms in total. The topological polar surface area (TPSA) is 80.1 Å². The molecule has 27 heavy (non-hydrogen) atoms. The number of aromatic nitrogens is 5. The second kappa shape index (κ2) is 6.30. The van der Waals surface area contributed by atoms with Gasteiger partial charge in [0.15, 0.2) is 17.2 Å². The molecule has 0 amide bonds. The molecule has 2 aromatic carbocycles. The Balaban J connectivity index is 1.61. The van der Waals surface area contributed by atoms with Crippen molar-refractivity contribution in [3.8, 4) is 11.5 Å². The number of benzene rings is 2. The molecular formula is C19H13ClN6O. The highest BCUT2D eigenvalue weighted by Crippen LogP contribution is 2.28. The minimum absolute atomic E-state index is 0.634. The summed E-state index contributed by atoms with van der Waals surface area (Å²) in [5.74, 6) is 1.94. The molecule has 0 radical (unpaired) electrons. The Hall–Kier alpha value is -3.58. The van der Waals surface area contributed by atoms with E-state index >= 15 is 0 Å². The third-order valence-electron chi connectivity index (χ3n) is 4.09. The molecule has 0 aliphatic rings. The SMILES string of the molecule is Clc1cccc(Nc2nc3cc(Oc4cn[nH]c4)ccc3n3ccnc23)c1. The van der Waals surface area contributed by atoms with E-state index in [1.165, 1.54) is 0 Å². The van der Waals surface area contributed by atoms with Gasteiger partial charge in [-0.3, -0.25) is 9.50 Å². The molecule has 0 bridgehead atoms. The van der Waals surface area contributed by atoms with Crippen LogP contribution in [0.4, 0.5) is 11.5 Å². The highest BCUT2D eigenvalue weighted by molar-refractivity contribution is 6.30. The number of ether oxygens (including phenoxy) is 1. The van der Waals surface area contributed by atoms with Gasteiger partial charge in [0.2, 0.25) is 0 Å². The standard InChI is InChI=1S/C19H13ClN6O/c20-12-2-1-3-13(8-12)24-18-19-21-6-7-26(19)17-5-4-14(9-16(17)25-18)27-15-10-22-23-11-15/h1-11H,(H,22,23)(H,24,25). The van der Waals surface area contributed by atoms with Crippen molar-refractivity contribution in [2.24, 2.45) is 0 Å². The van der Waals surface area contributed by atoms with Crippen LogP contribution < -0.4 is 10.1 Å². The lowest BCUT2D eigenvalue weighted by Gasteiger charge is -2.11. The van der Waals surface area contributed by atoms with Crippen molar-refractivity contribution >= 4 is 39.8 Å². The Bertz CT molecular complexity index is 1250. The molecule has 0 saturated heterocycles. The molecule has 0 aliphatic carbocycles. The highest BCUT2D eigenvalue weighted by Gasteiger charge is 2.11. The lowest BCUT2D eigenvalue weighted by atomic mass is 10.2. The molecule has 2 N–H and O–H groups in total. The molecule has 132 valence electrons. The number of fused-ring (bicyclic) bond motifs is 3. The van der Waals surface area contributed by atoms with E-state index < -0.39 is 0 Å². The number of nitrogens with one attached hydrogen (secondary N) is 2. The van der Waals surface area contributed by atoms with Gasteiger partial charge in [0.1, 0.15) is 5.75 Å². The van der Waals surface area contributed by atoms with Crippen molar-refractivity contribution in [1.29, 1.82) is 0 Å². The van der Waals surface area contributed by atoms with Crippen molar-refractivity contribution in [1.82, 2.24) is 24.6 Å². The van der Waals surface area contributed by atoms with Crippen LogP contribution in [0.25, 0.3) is 16.7 Å². The van der Waals surface area contributed by atoms with Crippen molar-refractivity contribution in [2.75, 3.05) is 5.32 Å². The summed E-state index contributed by atoms with van der Waals surface area (Å²) >= 11 is 6.09. The second-order valence-electron chi connectivity index (χ2n) is 5.90. The minimum Gasteiger partial charge on any atom is -0.454 e. The Labute approximate surface area is 158 Å². The van der Waals surface area contributed by atoms with Crippen LogP contribution in [-0.4, -0.2) is 24.6 Å². The van der Waals surface area contributed by atoms with Crippen molar-refractivity contribution < 1.29 is 4.74 Å². The summed E-state index contributed by atoms with van der Waals surface area (Å²) in [6.45, 7) is 0. The highest BCUT2D eigenvalue weighted by atomic mass is 35.5. The second-order valence-corrected chi connectivity index (χ2v) is 6.34. The Morgan fingerprint density at radius 1 is 1.11 bits per heavy atom. The normalized spacial score (nSPS) is 11.1. The molecular weight excluding hydrogens is 364 g/mol. The van der Waals surface area contributed by atoms with E-state index in [0.29, 0.717) is 22.3 Å². The number of anilines is 2. The zero-order valence-corrected chi connectivity index (χ0v) is 14.7. The number of halogens is 1. The Morgan fingerprint density at radius 3 is 2.93 bits per heavy atom. The number of rotatable bonds is 4. The van der Waals surface area contributed by atoms with E-state index in [9.17, 15) is 0 Å². The zero-order valence-electron chi connectivity index (χ0n) is 13.9. The summed E-state index contributed by atoms with van der Waals surface area (Å²) in [6.07, 6.45) is 6.94. The zero-order chi connectivity index (χ0) is 18.2. The van der Waals surface area contributed by atoms with Gasteiger partial charge in [-0.15, -0.1) is 0 Å². The van der Waals surface area contributed by atoms with Gasteiger partial charge < -0.3 is 10.1 Å². The summed E-state index contributed by atoms with van der Waals surface area (Å²) < 4.78 is 7.78. The lowest BCUT2D eigenvalue weighted by Crippen LogP contribution is -2.00. The maximum Gasteiger partial charge on any atom is 0.180 e. The van der Waals surface area contributed by atoms with Gasteiger partial charge in [-0.1, -0.05) is 17.7 Å². The van der Waals surface area contributed by atoms with Gasteiger partial charge in [-0.05, 0) is 30.3 Å². The van der Waals surface area contributed by atoms with Crippen LogP contribution in [0.3, 0.4) is 0 Å². The van der Waals surface area contributed by atoms with E-state index in [-0.39, 0.29) is 0 Å². The summed E-state index contributed by atoms with van der Waals surface area (Å²) in [4.78, 5) is 9.18. The van der Waals surface area contributed by atoms with Crippen LogP contribution in [0.1, 0.15) is 0 Å². The van der Waals surface area contributed by atoms with Gasteiger partial charge in [0.25, 0.3) is 0 Å². The molecule has 0 atom stereocenters. The molecule has 0 aliphatic heterocycles. The fourth-order valence-corrected chi connectivity index (χ4v) is 3.11. The third-order valence-corrected chi connectivity index (χ3v) is 4.32. The summed E-state index contributed by atoms with van der Waals surface area (Å²) in [7, 11) is 0. The molecule has 0 saturated carbocycles. The number of imidazole rings is 1. The third kappa shape index (κ3) is 2.94. The quantitative estimate of drug-likeness (QED) is 0.471. The van der Waals surface area contributed by atoms with Gasteiger partial charge in [0, 0.05) is 29.2 Å². The summed E-state index contributed by atoms with van der Waals surface area (Å²) in [5.41, 5.74) is 3.26. The van der Waals surface area contributed by atoms with Gasteiger partial charge in [-0.25, -0.2) is 9.97 Å². The average Bonchev–Trinajstić information content (AvgIpc) is 3.33. The van der Waals surface area contributed by atoms with Crippen LogP contribution in [0.5, 0.6) is 11.5 Å². The predicted octanol–water partition coefficient (Wildman–Crippen LogP) is 4.79. The molecule has 8 heteroatoms. The molecule has 0 spiro atoms. The molecule has 5 aromatic rings. The van der Waals surface area contributed by atoms with Crippen LogP contribution in [0, 0.1) is 0 Å².